The van der Waals surface area contributed by atoms with Crippen LogP contribution in [0.3, 0.4) is 0 Å². The largest absolute Gasteiger partial charge is 0.445 e. The first-order chi connectivity index (χ1) is 18.4. The highest BCUT2D eigenvalue weighted by Gasteiger charge is 2.34. The molecule has 0 saturated heterocycles. The van der Waals surface area contributed by atoms with Crippen LogP contribution in [-0.4, -0.2) is 24.5 Å². The molecule has 0 aliphatic heterocycles. The molecule has 2 saturated carbocycles. The summed E-state index contributed by atoms with van der Waals surface area (Å²) in [5.74, 6) is -1.11. The topological polar surface area (TPSA) is 111 Å². The van der Waals surface area contributed by atoms with Crippen LogP contribution in [0, 0.1) is 17.7 Å². The van der Waals surface area contributed by atoms with E-state index in [9.17, 15) is 18.8 Å². The Bertz CT molecular complexity index is 1080. The van der Waals surface area contributed by atoms with Crippen molar-refractivity contribution in [3.05, 3.63) is 71.0 Å². The summed E-state index contributed by atoms with van der Waals surface area (Å²) >= 11 is 0. The van der Waals surface area contributed by atoms with E-state index < -0.39 is 23.9 Å². The molecule has 0 spiro atoms. The van der Waals surface area contributed by atoms with Gasteiger partial charge in [-0.15, -0.1) is 0 Å². The molecule has 3 atom stereocenters. The van der Waals surface area contributed by atoms with Gasteiger partial charge in [0, 0.05) is 12.5 Å². The highest BCUT2D eigenvalue weighted by atomic mass is 19.1. The zero-order valence-electron chi connectivity index (χ0n) is 21.8. The monoisotopic (exact) mass is 523 g/mol. The SMILES string of the molecule is NC(=O)C(NC(=O)C1CCCCC1c1ccc(COC(=O)NCC2CCCCC2)cc1)c1ccc(F)cc1. The van der Waals surface area contributed by atoms with E-state index in [0.717, 1.165) is 43.2 Å². The van der Waals surface area contributed by atoms with Gasteiger partial charge in [0.05, 0.1) is 0 Å². The zero-order chi connectivity index (χ0) is 26.9. The predicted octanol–water partition coefficient (Wildman–Crippen LogP) is 5.25. The lowest BCUT2D eigenvalue weighted by atomic mass is 9.74. The van der Waals surface area contributed by atoms with Gasteiger partial charge in [0.2, 0.25) is 11.8 Å². The molecule has 38 heavy (non-hydrogen) atoms. The first-order valence-electron chi connectivity index (χ1n) is 13.8. The fraction of sp³-hybridized carbons (Fsp3) is 0.500. The highest BCUT2D eigenvalue weighted by Crippen LogP contribution is 2.38. The molecule has 7 nitrogen and oxygen atoms in total. The van der Waals surface area contributed by atoms with E-state index >= 15 is 0 Å². The van der Waals surface area contributed by atoms with E-state index in [0.29, 0.717) is 24.4 Å². The van der Waals surface area contributed by atoms with E-state index in [1.807, 2.05) is 24.3 Å². The fourth-order valence-corrected chi connectivity index (χ4v) is 5.75. The Morgan fingerprint density at radius 1 is 0.895 bits per heavy atom. The molecular weight excluding hydrogens is 485 g/mol. The quantitative estimate of drug-likeness (QED) is 0.417. The molecule has 4 N–H and O–H groups in total. The summed E-state index contributed by atoms with van der Waals surface area (Å²) in [6.45, 7) is 0.851. The summed E-state index contributed by atoms with van der Waals surface area (Å²) in [5, 5.41) is 5.69. The predicted molar refractivity (Wildman–Crippen MR) is 142 cm³/mol. The van der Waals surface area contributed by atoms with Crippen molar-refractivity contribution in [3.63, 3.8) is 0 Å². The number of alkyl carbamates (subject to hydrolysis) is 1. The van der Waals surface area contributed by atoms with Crippen LogP contribution in [-0.2, 0) is 20.9 Å². The van der Waals surface area contributed by atoms with E-state index in [4.69, 9.17) is 10.5 Å². The maximum absolute atomic E-state index is 13.3. The smallest absolute Gasteiger partial charge is 0.407 e. The van der Waals surface area contributed by atoms with Crippen LogP contribution in [0.4, 0.5) is 9.18 Å². The van der Waals surface area contributed by atoms with E-state index in [1.165, 1.54) is 43.5 Å². The van der Waals surface area contributed by atoms with Crippen molar-refractivity contribution in [1.82, 2.24) is 10.6 Å². The molecule has 0 heterocycles. The second-order valence-electron chi connectivity index (χ2n) is 10.6. The van der Waals surface area contributed by atoms with Gasteiger partial charge in [-0.3, -0.25) is 9.59 Å². The maximum Gasteiger partial charge on any atom is 0.407 e. The molecule has 3 unspecified atom stereocenters. The Labute approximate surface area is 223 Å². The van der Waals surface area contributed by atoms with Crippen molar-refractivity contribution in [3.8, 4) is 0 Å². The normalized spacial score (nSPS) is 20.8. The summed E-state index contributed by atoms with van der Waals surface area (Å²) in [4.78, 5) is 37.5. The minimum atomic E-state index is -1.02. The lowest BCUT2D eigenvalue weighted by Crippen LogP contribution is -2.42. The molecule has 204 valence electrons. The van der Waals surface area contributed by atoms with E-state index in [1.54, 1.807) is 0 Å². The number of carbonyl (C=O) groups excluding carboxylic acids is 3. The second-order valence-corrected chi connectivity index (χ2v) is 10.6. The third-order valence-electron chi connectivity index (χ3n) is 7.91. The molecule has 2 aliphatic carbocycles. The van der Waals surface area contributed by atoms with Crippen LogP contribution < -0.4 is 16.4 Å². The fourth-order valence-electron chi connectivity index (χ4n) is 5.75. The Morgan fingerprint density at radius 3 is 2.24 bits per heavy atom. The Hall–Kier alpha value is -3.42. The molecule has 2 fully saturated rings. The number of halogens is 1. The van der Waals surface area contributed by atoms with E-state index in [2.05, 4.69) is 10.6 Å². The summed E-state index contributed by atoms with van der Waals surface area (Å²) in [6.07, 6.45) is 9.18. The number of benzene rings is 2. The molecule has 3 amide bonds. The molecule has 0 radical (unpaired) electrons. The molecule has 2 aromatic rings. The highest BCUT2D eigenvalue weighted by molar-refractivity contribution is 5.89. The van der Waals surface area contributed by atoms with Crippen LogP contribution >= 0.6 is 0 Å². The van der Waals surface area contributed by atoms with Crippen molar-refractivity contribution in [2.24, 2.45) is 17.6 Å². The van der Waals surface area contributed by atoms with Gasteiger partial charge in [-0.05, 0) is 66.3 Å². The Kier molecular flexibility index (Phi) is 9.73. The minimum absolute atomic E-state index is 0.000690. The van der Waals surface area contributed by atoms with Gasteiger partial charge < -0.3 is 21.1 Å². The molecule has 8 heteroatoms. The van der Waals surface area contributed by atoms with Gasteiger partial charge in [-0.25, -0.2) is 9.18 Å². The number of rotatable bonds is 9. The number of amides is 3. The molecule has 2 aromatic carbocycles. The van der Waals surface area contributed by atoms with E-state index in [-0.39, 0.29) is 24.3 Å². The number of hydrogen-bond donors (Lipinski definition) is 3. The molecule has 2 aliphatic rings. The summed E-state index contributed by atoms with van der Waals surface area (Å²) in [7, 11) is 0. The molecule has 4 rings (SSSR count). The van der Waals surface area contributed by atoms with Gasteiger partial charge in [0.15, 0.2) is 0 Å². The third-order valence-corrected chi connectivity index (χ3v) is 7.91. The van der Waals surface area contributed by atoms with Crippen molar-refractivity contribution >= 4 is 17.9 Å². The first kappa shape index (κ1) is 27.6. The Morgan fingerprint density at radius 2 is 1.55 bits per heavy atom. The molecular formula is C30H38FN3O4. The average Bonchev–Trinajstić information content (AvgIpc) is 2.95. The van der Waals surface area contributed by atoms with Crippen molar-refractivity contribution in [2.45, 2.75) is 76.4 Å². The standard InChI is InChI=1S/C30H38FN3O4/c31-24-16-14-23(15-17-24)27(28(32)35)34-29(36)26-9-5-4-8-25(26)22-12-10-21(11-13-22)19-38-30(37)33-18-20-6-2-1-3-7-20/h10-17,20,25-27H,1-9,18-19H2,(H2,32,35)(H,33,37)(H,34,36). The maximum atomic E-state index is 13.3. The Balaban J connectivity index is 1.33. The molecule has 0 bridgehead atoms. The number of nitrogens with two attached hydrogens (primary N) is 1. The number of primary amides is 1. The van der Waals surface area contributed by atoms with Crippen molar-refractivity contribution in [2.75, 3.05) is 6.54 Å². The van der Waals surface area contributed by atoms with Crippen molar-refractivity contribution in [1.29, 1.82) is 0 Å². The summed E-state index contributed by atoms with van der Waals surface area (Å²) in [6, 6.07) is 12.2. The van der Waals surface area contributed by atoms with Crippen LogP contribution in [0.2, 0.25) is 0 Å². The number of carbonyl (C=O) groups is 3. The van der Waals surface area contributed by atoms with Crippen LogP contribution in [0.1, 0.15) is 86.4 Å². The molecule has 0 aromatic heterocycles. The van der Waals surface area contributed by atoms with Crippen LogP contribution in [0.15, 0.2) is 48.5 Å². The number of ether oxygens (including phenoxy) is 1. The van der Waals surface area contributed by atoms with Gasteiger partial charge in [-0.1, -0.05) is 68.5 Å². The van der Waals surface area contributed by atoms with Crippen molar-refractivity contribution < 1.29 is 23.5 Å². The van der Waals surface area contributed by atoms with Crippen LogP contribution in [0.25, 0.3) is 0 Å². The van der Waals surface area contributed by atoms with Gasteiger partial charge in [-0.2, -0.15) is 0 Å². The summed E-state index contributed by atoms with van der Waals surface area (Å²) < 4.78 is 18.7. The lowest BCUT2D eigenvalue weighted by molar-refractivity contribution is -0.131. The first-order valence-corrected chi connectivity index (χ1v) is 13.8. The zero-order valence-corrected chi connectivity index (χ0v) is 21.8. The minimum Gasteiger partial charge on any atom is -0.445 e. The van der Waals surface area contributed by atoms with Crippen LogP contribution in [0.5, 0.6) is 0 Å². The van der Waals surface area contributed by atoms with Gasteiger partial charge in [0.25, 0.3) is 0 Å². The summed E-state index contributed by atoms with van der Waals surface area (Å²) in [5.41, 5.74) is 7.93. The lowest BCUT2D eigenvalue weighted by Gasteiger charge is -2.32. The third kappa shape index (κ3) is 7.55. The average molecular weight is 524 g/mol. The number of hydrogen-bond acceptors (Lipinski definition) is 4. The number of nitrogens with one attached hydrogen (secondary N) is 2. The van der Waals surface area contributed by atoms with Gasteiger partial charge >= 0.3 is 6.09 Å². The van der Waals surface area contributed by atoms with Gasteiger partial charge in [0.1, 0.15) is 18.5 Å². The second kappa shape index (κ2) is 13.4.